The third-order valence-corrected chi connectivity index (χ3v) is 1.22. The van der Waals surface area contributed by atoms with Gasteiger partial charge in [0.2, 0.25) is 0 Å². The molecule has 0 aliphatic carbocycles. The molecule has 0 spiro atoms. The SMILES string of the molecule is CC(=N)NC(=O)c1cccnc1. The molecular formula is C8H9N3O. The topological polar surface area (TPSA) is 65.8 Å². The van der Waals surface area contributed by atoms with Crippen LogP contribution in [0.15, 0.2) is 24.5 Å². The van der Waals surface area contributed by atoms with Gasteiger partial charge in [0.05, 0.1) is 11.4 Å². The Morgan fingerprint density at radius 1 is 1.67 bits per heavy atom. The molecule has 12 heavy (non-hydrogen) atoms. The first kappa shape index (κ1) is 8.39. The highest BCUT2D eigenvalue weighted by atomic mass is 16.1. The fraction of sp³-hybridized carbons (Fsp3) is 0.125. The lowest BCUT2D eigenvalue weighted by Gasteiger charge is -2.00. The van der Waals surface area contributed by atoms with Crippen LogP contribution in [0.4, 0.5) is 0 Å². The zero-order chi connectivity index (χ0) is 8.97. The highest BCUT2D eigenvalue weighted by molar-refractivity contribution is 6.04. The first-order valence-corrected chi connectivity index (χ1v) is 3.46. The Labute approximate surface area is 70.1 Å². The van der Waals surface area contributed by atoms with Crippen LogP contribution in [0, 0.1) is 5.41 Å². The monoisotopic (exact) mass is 163 g/mol. The Bertz CT molecular complexity index is 294. The maximum atomic E-state index is 11.2. The lowest BCUT2D eigenvalue weighted by molar-refractivity contribution is 0.0976. The van der Waals surface area contributed by atoms with E-state index in [9.17, 15) is 4.79 Å². The summed E-state index contributed by atoms with van der Waals surface area (Å²) < 4.78 is 0. The van der Waals surface area contributed by atoms with Crippen molar-refractivity contribution in [1.29, 1.82) is 5.41 Å². The van der Waals surface area contributed by atoms with Gasteiger partial charge in [-0.05, 0) is 19.1 Å². The number of nitrogens with one attached hydrogen (secondary N) is 2. The third kappa shape index (κ3) is 2.16. The number of carbonyl (C=O) groups is 1. The van der Waals surface area contributed by atoms with Gasteiger partial charge in [0.1, 0.15) is 0 Å². The molecule has 0 fully saturated rings. The van der Waals surface area contributed by atoms with Crippen LogP contribution >= 0.6 is 0 Å². The smallest absolute Gasteiger partial charge is 0.258 e. The van der Waals surface area contributed by atoms with Crippen LogP contribution in [-0.2, 0) is 0 Å². The average molecular weight is 163 g/mol. The number of pyridine rings is 1. The number of hydrogen-bond acceptors (Lipinski definition) is 3. The van der Waals surface area contributed by atoms with Gasteiger partial charge < -0.3 is 5.32 Å². The quantitative estimate of drug-likeness (QED) is 0.475. The number of nitrogens with zero attached hydrogens (tertiary/aromatic N) is 1. The van der Waals surface area contributed by atoms with E-state index >= 15 is 0 Å². The Hall–Kier alpha value is -1.71. The molecule has 0 aliphatic heterocycles. The minimum Gasteiger partial charge on any atom is -0.311 e. The van der Waals surface area contributed by atoms with Gasteiger partial charge in [-0.3, -0.25) is 15.2 Å². The molecule has 1 amide bonds. The van der Waals surface area contributed by atoms with Gasteiger partial charge >= 0.3 is 0 Å². The second kappa shape index (κ2) is 3.61. The standard InChI is InChI=1S/C8H9N3O/c1-6(9)11-8(12)7-3-2-4-10-5-7/h2-5H,1H3,(H2,9,11,12). The van der Waals surface area contributed by atoms with Gasteiger partial charge in [0.15, 0.2) is 0 Å². The van der Waals surface area contributed by atoms with Crippen molar-refractivity contribution in [3.05, 3.63) is 30.1 Å². The summed E-state index contributed by atoms with van der Waals surface area (Å²) in [6, 6.07) is 3.32. The highest BCUT2D eigenvalue weighted by Gasteiger charge is 2.03. The molecule has 2 N–H and O–H groups in total. The van der Waals surface area contributed by atoms with Crippen LogP contribution in [0.5, 0.6) is 0 Å². The van der Waals surface area contributed by atoms with Crippen molar-refractivity contribution in [2.75, 3.05) is 0 Å². The molecule has 1 heterocycles. The van der Waals surface area contributed by atoms with Crippen molar-refractivity contribution in [2.24, 2.45) is 0 Å². The maximum Gasteiger partial charge on any atom is 0.258 e. The van der Waals surface area contributed by atoms with E-state index in [0.717, 1.165) is 0 Å². The van der Waals surface area contributed by atoms with E-state index < -0.39 is 0 Å². The molecule has 0 unspecified atom stereocenters. The molecule has 0 saturated heterocycles. The zero-order valence-electron chi connectivity index (χ0n) is 6.66. The number of rotatable bonds is 1. The van der Waals surface area contributed by atoms with Crippen LogP contribution in [0.1, 0.15) is 17.3 Å². The molecule has 1 rings (SSSR count). The van der Waals surface area contributed by atoms with Gasteiger partial charge in [-0.15, -0.1) is 0 Å². The number of aromatic nitrogens is 1. The molecule has 4 heteroatoms. The van der Waals surface area contributed by atoms with Crippen LogP contribution in [-0.4, -0.2) is 16.7 Å². The Morgan fingerprint density at radius 3 is 2.92 bits per heavy atom. The average Bonchev–Trinajstić information content (AvgIpc) is 2.05. The van der Waals surface area contributed by atoms with Crippen molar-refractivity contribution in [2.45, 2.75) is 6.92 Å². The number of amidine groups is 1. The summed E-state index contributed by atoms with van der Waals surface area (Å²) in [7, 11) is 0. The van der Waals surface area contributed by atoms with Crippen molar-refractivity contribution in [1.82, 2.24) is 10.3 Å². The first-order valence-electron chi connectivity index (χ1n) is 3.46. The number of hydrogen-bond donors (Lipinski definition) is 2. The van der Waals surface area contributed by atoms with E-state index in [1.807, 2.05) is 0 Å². The largest absolute Gasteiger partial charge is 0.311 e. The van der Waals surface area contributed by atoms with Crippen molar-refractivity contribution in [3.8, 4) is 0 Å². The normalized spacial score (nSPS) is 9.08. The van der Waals surface area contributed by atoms with E-state index in [0.29, 0.717) is 5.56 Å². The second-order valence-electron chi connectivity index (χ2n) is 2.32. The summed E-state index contributed by atoms with van der Waals surface area (Å²) in [5.74, 6) is -0.167. The predicted molar refractivity (Wildman–Crippen MR) is 45.1 cm³/mol. The maximum absolute atomic E-state index is 11.2. The highest BCUT2D eigenvalue weighted by Crippen LogP contribution is 1.94. The molecule has 4 nitrogen and oxygen atoms in total. The number of carbonyl (C=O) groups excluding carboxylic acids is 1. The minimum absolute atomic E-state index is 0.129. The summed E-state index contributed by atoms with van der Waals surface area (Å²) in [6.45, 7) is 1.51. The molecule has 0 radical (unpaired) electrons. The van der Waals surface area contributed by atoms with Crippen LogP contribution < -0.4 is 5.32 Å². The predicted octanol–water partition coefficient (Wildman–Crippen LogP) is 0.809. The molecule has 62 valence electrons. The zero-order valence-corrected chi connectivity index (χ0v) is 6.66. The third-order valence-electron chi connectivity index (χ3n) is 1.22. The summed E-state index contributed by atoms with van der Waals surface area (Å²) in [5, 5.41) is 9.39. The van der Waals surface area contributed by atoms with Gasteiger partial charge in [0.25, 0.3) is 5.91 Å². The second-order valence-corrected chi connectivity index (χ2v) is 2.32. The molecule has 0 atom stereocenters. The number of amides is 1. The summed E-state index contributed by atoms with van der Waals surface area (Å²) in [5.41, 5.74) is 0.462. The lowest BCUT2D eigenvalue weighted by Crippen LogP contribution is -2.27. The molecule has 1 aromatic rings. The summed E-state index contributed by atoms with van der Waals surface area (Å²) in [4.78, 5) is 14.9. The lowest BCUT2D eigenvalue weighted by atomic mass is 10.3. The Kier molecular flexibility index (Phi) is 2.53. The molecule has 0 aromatic carbocycles. The van der Waals surface area contributed by atoms with Crippen LogP contribution in [0.25, 0.3) is 0 Å². The van der Waals surface area contributed by atoms with Crippen LogP contribution in [0.2, 0.25) is 0 Å². The summed E-state index contributed by atoms with van der Waals surface area (Å²) >= 11 is 0. The summed E-state index contributed by atoms with van der Waals surface area (Å²) in [6.07, 6.45) is 3.05. The van der Waals surface area contributed by atoms with Gasteiger partial charge in [0, 0.05) is 12.4 Å². The molecule has 0 bridgehead atoms. The van der Waals surface area contributed by atoms with Gasteiger partial charge in [-0.25, -0.2) is 0 Å². The molecule has 0 saturated carbocycles. The Balaban J connectivity index is 2.73. The molecule has 1 aromatic heterocycles. The van der Waals surface area contributed by atoms with Gasteiger partial charge in [-0.2, -0.15) is 0 Å². The van der Waals surface area contributed by atoms with Crippen molar-refractivity contribution >= 4 is 11.7 Å². The Morgan fingerprint density at radius 2 is 2.42 bits per heavy atom. The van der Waals surface area contributed by atoms with E-state index in [1.54, 1.807) is 18.3 Å². The minimum atomic E-state index is -0.296. The van der Waals surface area contributed by atoms with E-state index in [-0.39, 0.29) is 11.7 Å². The van der Waals surface area contributed by atoms with Crippen molar-refractivity contribution < 1.29 is 4.79 Å². The molecule has 0 aliphatic rings. The fourth-order valence-corrected chi connectivity index (χ4v) is 0.740. The van der Waals surface area contributed by atoms with Crippen molar-refractivity contribution in [3.63, 3.8) is 0 Å². The van der Waals surface area contributed by atoms with Gasteiger partial charge in [-0.1, -0.05) is 0 Å². The van der Waals surface area contributed by atoms with Crippen LogP contribution in [0.3, 0.4) is 0 Å². The molecular weight excluding hydrogens is 154 g/mol. The van der Waals surface area contributed by atoms with E-state index in [2.05, 4.69) is 10.3 Å². The first-order chi connectivity index (χ1) is 5.70. The van der Waals surface area contributed by atoms with E-state index in [4.69, 9.17) is 5.41 Å². The fourth-order valence-electron chi connectivity index (χ4n) is 0.740. The van der Waals surface area contributed by atoms with E-state index in [1.165, 1.54) is 13.1 Å².